The Labute approximate surface area is 185 Å². The second kappa shape index (κ2) is 9.61. The van der Waals surface area contributed by atoms with E-state index in [4.69, 9.17) is 0 Å². The number of amides is 1. The van der Waals surface area contributed by atoms with Crippen molar-refractivity contribution >= 4 is 25.3 Å². The van der Waals surface area contributed by atoms with Crippen LogP contribution in [0.15, 0.2) is 67.1 Å². The third-order valence-corrected chi connectivity index (χ3v) is 7.60. The predicted molar refractivity (Wildman–Crippen MR) is 122 cm³/mol. The lowest BCUT2D eigenvalue weighted by Gasteiger charge is -2.33. The molecule has 0 aliphatic heterocycles. The number of nitrogens with one attached hydrogen (secondary N) is 1. The number of hydrogen-bond donors (Lipinski definition) is 3. The standard InChI is InChI=1S/C23H25FN3O4P/c1-3-23(4-2,32(29,30)31)17-5-9-19(10-6-17)26-22(28)14-13-21-15-25-16-27(21)20-11-7-18(24)8-12-20/h5-16H,3-4H2,1-2H3,(H,26,28)(H2,29,30,31). The molecule has 0 aliphatic carbocycles. The van der Waals surface area contributed by atoms with Gasteiger partial charge in [0.15, 0.2) is 0 Å². The van der Waals surface area contributed by atoms with Crippen molar-refractivity contribution < 1.29 is 23.5 Å². The van der Waals surface area contributed by atoms with Gasteiger partial charge in [-0.2, -0.15) is 0 Å². The van der Waals surface area contributed by atoms with Crippen molar-refractivity contribution in [2.45, 2.75) is 31.8 Å². The van der Waals surface area contributed by atoms with E-state index in [0.717, 1.165) is 0 Å². The summed E-state index contributed by atoms with van der Waals surface area (Å²) in [4.78, 5) is 36.2. The van der Waals surface area contributed by atoms with Crippen LogP contribution in [-0.4, -0.2) is 25.2 Å². The Balaban J connectivity index is 1.73. The van der Waals surface area contributed by atoms with Crippen LogP contribution in [0.5, 0.6) is 0 Å². The van der Waals surface area contributed by atoms with Crippen molar-refractivity contribution in [3.05, 3.63) is 84.2 Å². The monoisotopic (exact) mass is 457 g/mol. The van der Waals surface area contributed by atoms with Crippen molar-refractivity contribution in [1.82, 2.24) is 9.55 Å². The SMILES string of the molecule is CCC(CC)(c1ccc(NC(=O)C=Cc2cncn2-c2ccc(F)cc2)cc1)P(=O)(O)O. The highest BCUT2D eigenvalue weighted by molar-refractivity contribution is 7.53. The van der Waals surface area contributed by atoms with Gasteiger partial charge in [0.05, 0.1) is 23.4 Å². The first kappa shape index (κ1) is 23.6. The average molecular weight is 457 g/mol. The highest BCUT2D eigenvalue weighted by Crippen LogP contribution is 2.60. The van der Waals surface area contributed by atoms with Crippen LogP contribution in [0.1, 0.15) is 37.9 Å². The molecule has 7 nitrogen and oxygen atoms in total. The summed E-state index contributed by atoms with van der Waals surface area (Å²) in [6.45, 7) is 3.50. The van der Waals surface area contributed by atoms with Gasteiger partial charge in [0.25, 0.3) is 0 Å². The summed E-state index contributed by atoms with van der Waals surface area (Å²) in [6.07, 6.45) is 6.68. The highest BCUT2D eigenvalue weighted by atomic mass is 31.2. The molecular weight excluding hydrogens is 432 g/mol. The summed E-state index contributed by atoms with van der Waals surface area (Å²) in [5.74, 6) is -0.718. The van der Waals surface area contributed by atoms with Crippen molar-refractivity contribution in [1.29, 1.82) is 0 Å². The Kier molecular flexibility index (Phi) is 7.09. The molecule has 0 aliphatic rings. The number of carbonyl (C=O) groups excluding carboxylic acids is 1. The molecule has 2 aromatic carbocycles. The van der Waals surface area contributed by atoms with Crippen molar-refractivity contribution in [3.63, 3.8) is 0 Å². The molecule has 0 bridgehead atoms. The number of rotatable bonds is 8. The minimum atomic E-state index is -4.37. The normalized spacial score (nSPS) is 12.3. The summed E-state index contributed by atoms with van der Waals surface area (Å²) in [6, 6.07) is 12.4. The van der Waals surface area contributed by atoms with Crippen LogP contribution in [0.25, 0.3) is 11.8 Å². The summed E-state index contributed by atoms with van der Waals surface area (Å²) in [7, 11) is -4.37. The van der Waals surface area contributed by atoms with Gasteiger partial charge in [0, 0.05) is 17.5 Å². The van der Waals surface area contributed by atoms with Crippen molar-refractivity contribution in [2.75, 3.05) is 5.32 Å². The molecule has 0 spiro atoms. The third-order valence-electron chi connectivity index (χ3n) is 5.59. The van der Waals surface area contributed by atoms with Gasteiger partial charge in [-0.25, -0.2) is 9.37 Å². The molecule has 9 heteroatoms. The molecule has 168 valence electrons. The Morgan fingerprint density at radius 3 is 2.31 bits per heavy atom. The molecular formula is C23H25FN3O4P. The lowest BCUT2D eigenvalue weighted by atomic mass is 9.92. The first-order valence-electron chi connectivity index (χ1n) is 10.1. The van der Waals surface area contributed by atoms with Crippen LogP contribution in [0.4, 0.5) is 10.1 Å². The van der Waals surface area contributed by atoms with Gasteiger partial charge in [0.2, 0.25) is 5.91 Å². The molecule has 0 saturated heterocycles. The van der Waals surface area contributed by atoms with Gasteiger partial charge in [-0.1, -0.05) is 26.0 Å². The van der Waals surface area contributed by atoms with Crippen molar-refractivity contribution in [2.24, 2.45) is 0 Å². The van der Waals surface area contributed by atoms with E-state index in [-0.39, 0.29) is 11.7 Å². The molecule has 0 fully saturated rings. The molecule has 0 atom stereocenters. The molecule has 0 saturated carbocycles. The molecule has 3 rings (SSSR count). The first-order valence-corrected chi connectivity index (χ1v) is 11.7. The molecule has 1 amide bonds. The second-order valence-electron chi connectivity index (χ2n) is 7.35. The maximum Gasteiger partial charge on any atom is 0.335 e. The fourth-order valence-electron chi connectivity index (χ4n) is 3.69. The number of halogens is 1. The number of carbonyl (C=O) groups is 1. The number of anilines is 1. The van der Waals surface area contributed by atoms with Gasteiger partial charge < -0.3 is 15.1 Å². The van der Waals surface area contributed by atoms with Gasteiger partial charge >= 0.3 is 7.60 Å². The largest absolute Gasteiger partial charge is 0.335 e. The van der Waals surface area contributed by atoms with Crippen LogP contribution >= 0.6 is 7.60 Å². The molecule has 3 aromatic rings. The summed E-state index contributed by atoms with van der Waals surface area (Å²) < 4.78 is 27.0. The number of nitrogens with zero attached hydrogens (tertiary/aromatic N) is 2. The van der Waals surface area contributed by atoms with Crippen molar-refractivity contribution in [3.8, 4) is 5.69 Å². The zero-order valence-electron chi connectivity index (χ0n) is 17.8. The lowest BCUT2D eigenvalue weighted by Crippen LogP contribution is -2.24. The van der Waals surface area contributed by atoms with E-state index in [1.807, 2.05) is 0 Å². The fourth-order valence-corrected chi connectivity index (χ4v) is 5.00. The summed E-state index contributed by atoms with van der Waals surface area (Å²) >= 11 is 0. The number of benzene rings is 2. The summed E-state index contributed by atoms with van der Waals surface area (Å²) in [5.41, 5.74) is 2.38. The number of aromatic nitrogens is 2. The van der Waals surface area contributed by atoms with Crippen LogP contribution in [0.2, 0.25) is 0 Å². The van der Waals surface area contributed by atoms with Crippen LogP contribution < -0.4 is 5.32 Å². The third kappa shape index (κ3) is 4.88. The van der Waals surface area contributed by atoms with E-state index in [2.05, 4.69) is 10.3 Å². The smallest absolute Gasteiger partial charge is 0.324 e. The topological polar surface area (TPSA) is 104 Å². The molecule has 1 aromatic heterocycles. The lowest BCUT2D eigenvalue weighted by molar-refractivity contribution is -0.111. The van der Waals surface area contributed by atoms with E-state index in [0.29, 0.717) is 35.5 Å². The van der Waals surface area contributed by atoms with E-state index in [1.54, 1.807) is 73.4 Å². The van der Waals surface area contributed by atoms with E-state index >= 15 is 0 Å². The Hall–Kier alpha value is -3.06. The predicted octanol–water partition coefficient (Wildman–Crippen LogP) is 4.86. The Morgan fingerprint density at radius 1 is 1.12 bits per heavy atom. The maximum absolute atomic E-state index is 13.1. The second-order valence-corrected chi connectivity index (χ2v) is 9.29. The van der Waals surface area contributed by atoms with Crippen LogP contribution in [-0.2, 0) is 14.5 Å². The summed E-state index contributed by atoms with van der Waals surface area (Å²) in [5, 5.41) is 1.48. The Bertz CT molecular complexity index is 1150. The van der Waals surface area contributed by atoms with Gasteiger partial charge in [-0.05, 0) is 60.9 Å². The average Bonchev–Trinajstić information content (AvgIpc) is 3.23. The zero-order valence-corrected chi connectivity index (χ0v) is 18.7. The van der Waals surface area contributed by atoms with Gasteiger partial charge in [-0.15, -0.1) is 0 Å². The quantitative estimate of drug-likeness (QED) is 0.331. The maximum atomic E-state index is 13.1. The molecule has 1 heterocycles. The highest BCUT2D eigenvalue weighted by Gasteiger charge is 2.45. The molecule has 32 heavy (non-hydrogen) atoms. The van der Waals surface area contributed by atoms with Gasteiger partial charge in [0.1, 0.15) is 5.82 Å². The number of imidazole rings is 1. The van der Waals surface area contributed by atoms with E-state index < -0.39 is 12.8 Å². The van der Waals surface area contributed by atoms with Crippen LogP contribution in [0, 0.1) is 5.82 Å². The zero-order chi connectivity index (χ0) is 23.4. The van der Waals surface area contributed by atoms with E-state index in [1.165, 1.54) is 18.2 Å². The van der Waals surface area contributed by atoms with Crippen LogP contribution in [0.3, 0.4) is 0 Å². The Morgan fingerprint density at radius 2 is 1.75 bits per heavy atom. The molecule has 0 radical (unpaired) electrons. The minimum absolute atomic E-state index is 0.296. The first-order chi connectivity index (χ1) is 15.2. The number of hydrogen-bond acceptors (Lipinski definition) is 3. The molecule has 3 N–H and O–H groups in total. The fraction of sp³-hybridized carbons (Fsp3) is 0.217. The molecule has 0 unspecified atom stereocenters. The van der Waals surface area contributed by atoms with E-state index in [9.17, 15) is 23.5 Å². The minimum Gasteiger partial charge on any atom is -0.324 e. The van der Waals surface area contributed by atoms with Gasteiger partial charge in [-0.3, -0.25) is 13.9 Å².